The Morgan fingerprint density at radius 3 is 2.16 bits per heavy atom. The van der Waals surface area contributed by atoms with Gasteiger partial charge in [0.2, 0.25) is 11.7 Å². The Labute approximate surface area is 181 Å². The normalized spacial score (nSPS) is 16.3. The van der Waals surface area contributed by atoms with Crippen molar-refractivity contribution < 1.29 is 14.4 Å². The van der Waals surface area contributed by atoms with E-state index >= 15 is 0 Å². The van der Waals surface area contributed by atoms with E-state index < -0.39 is 11.7 Å². The number of piperazine rings is 1. The highest BCUT2D eigenvalue weighted by molar-refractivity contribution is 6.35. The molecule has 0 saturated carbocycles. The highest BCUT2D eigenvalue weighted by atomic mass is 16.2. The number of hydrogen-bond acceptors (Lipinski definition) is 3. The van der Waals surface area contributed by atoms with Crippen molar-refractivity contribution in [2.75, 3.05) is 18.0 Å². The van der Waals surface area contributed by atoms with Gasteiger partial charge in [-0.05, 0) is 23.6 Å². The SMILES string of the molecule is CC(=O)C(=O)N1CC(=O)N(c2ccccc2-c2ccccc2)C[C@H]1Cc1ccccc1. The monoisotopic (exact) mass is 412 g/mol. The molecule has 31 heavy (non-hydrogen) atoms. The number of amides is 2. The molecule has 156 valence electrons. The van der Waals surface area contributed by atoms with Crippen molar-refractivity contribution in [1.82, 2.24) is 4.90 Å². The number of benzene rings is 3. The minimum absolute atomic E-state index is 0.112. The molecule has 1 atom stereocenters. The Bertz CT molecular complexity index is 1100. The molecule has 0 unspecified atom stereocenters. The number of ketones is 1. The van der Waals surface area contributed by atoms with Gasteiger partial charge < -0.3 is 9.80 Å². The third-order valence-electron chi connectivity index (χ3n) is 5.60. The molecular weight excluding hydrogens is 388 g/mol. The summed E-state index contributed by atoms with van der Waals surface area (Å²) in [6, 6.07) is 27.2. The summed E-state index contributed by atoms with van der Waals surface area (Å²) >= 11 is 0. The summed E-state index contributed by atoms with van der Waals surface area (Å²) in [6.07, 6.45) is 0.567. The number of carbonyl (C=O) groups excluding carboxylic acids is 3. The van der Waals surface area contributed by atoms with Crippen molar-refractivity contribution in [2.45, 2.75) is 19.4 Å². The van der Waals surface area contributed by atoms with E-state index in [1.54, 1.807) is 4.90 Å². The molecule has 0 spiro atoms. The molecule has 1 aliphatic rings. The molecule has 4 rings (SSSR count). The van der Waals surface area contributed by atoms with Crippen LogP contribution in [0, 0.1) is 0 Å². The first-order valence-electron chi connectivity index (χ1n) is 10.3. The average molecular weight is 412 g/mol. The van der Waals surface area contributed by atoms with Crippen LogP contribution >= 0.6 is 0 Å². The summed E-state index contributed by atoms with van der Waals surface area (Å²) < 4.78 is 0. The number of para-hydroxylation sites is 1. The fraction of sp³-hybridized carbons (Fsp3) is 0.192. The van der Waals surface area contributed by atoms with E-state index in [1.807, 2.05) is 84.9 Å². The van der Waals surface area contributed by atoms with Gasteiger partial charge in [0.1, 0.15) is 6.54 Å². The maximum absolute atomic E-state index is 13.1. The standard InChI is InChI=1S/C26H24N2O3/c1-19(29)26(31)27-18-25(30)28(17-22(27)16-20-10-4-2-5-11-20)24-15-9-8-14-23(24)21-12-6-3-7-13-21/h2-15,22H,16-18H2,1H3/t22-/m1/s1. The summed E-state index contributed by atoms with van der Waals surface area (Å²) in [4.78, 5) is 40.7. The lowest BCUT2D eigenvalue weighted by atomic mass is 9.98. The van der Waals surface area contributed by atoms with E-state index in [-0.39, 0.29) is 18.5 Å². The second-order valence-corrected chi connectivity index (χ2v) is 7.72. The smallest absolute Gasteiger partial charge is 0.290 e. The first-order valence-corrected chi connectivity index (χ1v) is 10.3. The lowest BCUT2D eigenvalue weighted by Crippen LogP contribution is -2.60. The Hall–Kier alpha value is -3.73. The zero-order chi connectivity index (χ0) is 21.8. The molecule has 2 amide bonds. The van der Waals surface area contributed by atoms with Crippen LogP contribution in [0.25, 0.3) is 11.1 Å². The Morgan fingerprint density at radius 1 is 0.871 bits per heavy atom. The van der Waals surface area contributed by atoms with Gasteiger partial charge in [-0.1, -0.05) is 78.9 Å². The molecule has 1 heterocycles. The Balaban J connectivity index is 1.70. The number of carbonyl (C=O) groups is 3. The van der Waals surface area contributed by atoms with Crippen molar-refractivity contribution in [1.29, 1.82) is 0 Å². The topological polar surface area (TPSA) is 57.7 Å². The van der Waals surface area contributed by atoms with Crippen molar-refractivity contribution in [3.8, 4) is 11.1 Å². The quantitative estimate of drug-likeness (QED) is 0.600. The Kier molecular flexibility index (Phi) is 5.94. The van der Waals surface area contributed by atoms with E-state index in [1.165, 1.54) is 11.8 Å². The molecule has 1 saturated heterocycles. The van der Waals surface area contributed by atoms with E-state index in [4.69, 9.17) is 0 Å². The summed E-state index contributed by atoms with van der Waals surface area (Å²) in [5.41, 5.74) is 3.85. The van der Waals surface area contributed by atoms with Gasteiger partial charge in [0, 0.05) is 19.0 Å². The molecular formula is C26H24N2O3. The highest BCUT2D eigenvalue weighted by Crippen LogP contribution is 2.33. The van der Waals surface area contributed by atoms with Crippen molar-refractivity contribution in [3.63, 3.8) is 0 Å². The fourth-order valence-electron chi connectivity index (χ4n) is 4.08. The molecule has 0 aromatic heterocycles. The lowest BCUT2D eigenvalue weighted by Gasteiger charge is -2.41. The molecule has 3 aromatic carbocycles. The second kappa shape index (κ2) is 8.96. The van der Waals surface area contributed by atoms with Crippen LogP contribution in [0.1, 0.15) is 12.5 Å². The zero-order valence-electron chi connectivity index (χ0n) is 17.4. The van der Waals surface area contributed by atoms with Gasteiger partial charge in [-0.3, -0.25) is 14.4 Å². The number of anilines is 1. The molecule has 0 bridgehead atoms. The largest absolute Gasteiger partial charge is 0.322 e. The molecule has 5 nitrogen and oxygen atoms in total. The molecule has 0 N–H and O–H groups in total. The van der Waals surface area contributed by atoms with E-state index in [0.717, 1.165) is 22.4 Å². The van der Waals surface area contributed by atoms with Crippen LogP contribution in [-0.4, -0.2) is 41.6 Å². The summed E-state index contributed by atoms with van der Waals surface area (Å²) in [5, 5.41) is 0. The zero-order valence-corrected chi connectivity index (χ0v) is 17.4. The Morgan fingerprint density at radius 2 is 1.48 bits per heavy atom. The van der Waals surface area contributed by atoms with Gasteiger partial charge in [-0.25, -0.2) is 0 Å². The molecule has 5 heteroatoms. The molecule has 1 fully saturated rings. The second-order valence-electron chi connectivity index (χ2n) is 7.72. The maximum atomic E-state index is 13.1. The molecule has 3 aromatic rings. The number of Topliss-reactive ketones (excluding diaryl/α,β-unsaturated/α-hetero) is 1. The van der Waals surface area contributed by atoms with E-state index in [9.17, 15) is 14.4 Å². The first kappa shape index (κ1) is 20.5. The van der Waals surface area contributed by atoms with Gasteiger partial charge in [0.25, 0.3) is 5.91 Å². The third-order valence-corrected chi connectivity index (χ3v) is 5.60. The van der Waals surface area contributed by atoms with Crippen LogP contribution in [0.2, 0.25) is 0 Å². The summed E-state index contributed by atoms with van der Waals surface area (Å²) in [6.45, 7) is 1.47. The van der Waals surface area contributed by atoms with Crippen LogP contribution in [0.3, 0.4) is 0 Å². The summed E-state index contributed by atoms with van der Waals surface area (Å²) in [5.74, 6) is -1.35. The van der Waals surface area contributed by atoms with Gasteiger partial charge in [-0.2, -0.15) is 0 Å². The minimum atomic E-state index is -0.606. The minimum Gasteiger partial charge on any atom is -0.322 e. The predicted molar refractivity (Wildman–Crippen MR) is 121 cm³/mol. The van der Waals surface area contributed by atoms with Crippen LogP contribution in [0.15, 0.2) is 84.9 Å². The number of nitrogens with zero attached hydrogens (tertiary/aromatic N) is 2. The third kappa shape index (κ3) is 4.40. The van der Waals surface area contributed by atoms with Gasteiger partial charge >= 0.3 is 0 Å². The molecule has 0 aliphatic carbocycles. The van der Waals surface area contributed by atoms with Crippen molar-refractivity contribution in [3.05, 3.63) is 90.5 Å². The first-order chi connectivity index (χ1) is 15.0. The van der Waals surface area contributed by atoms with E-state index in [0.29, 0.717) is 13.0 Å². The van der Waals surface area contributed by atoms with Crippen LogP contribution < -0.4 is 4.90 Å². The van der Waals surface area contributed by atoms with Crippen molar-refractivity contribution >= 4 is 23.3 Å². The molecule has 1 aliphatic heterocycles. The number of rotatable bonds is 5. The van der Waals surface area contributed by atoms with Crippen LogP contribution in [-0.2, 0) is 20.8 Å². The average Bonchev–Trinajstić information content (AvgIpc) is 2.80. The highest BCUT2D eigenvalue weighted by Gasteiger charge is 2.37. The van der Waals surface area contributed by atoms with Crippen LogP contribution in [0.4, 0.5) is 5.69 Å². The van der Waals surface area contributed by atoms with Gasteiger partial charge in [0.15, 0.2) is 0 Å². The fourth-order valence-corrected chi connectivity index (χ4v) is 4.08. The lowest BCUT2D eigenvalue weighted by molar-refractivity contribution is -0.147. The predicted octanol–water partition coefficient (Wildman–Crippen LogP) is 3.73. The summed E-state index contributed by atoms with van der Waals surface area (Å²) in [7, 11) is 0. The van der Waals surface area contributed by atoms with Crippen molar-refractivity contribution in [2.24, 2.45) is 0 Å². The number of hydrogen-bond donors (Lipinski definition) is 0. The molecule has 0 radical (unpaired) electrons. The van der Waals surface area contributed by atoms with Crippen LogP contribution in [0.5, 0.6) is 0 Å². The van der Waals surface area contributed by atoms with E-state index in [2.05, 4.69) is 0 Å². The maximum Gasteiger partial charge on any atom is 0.290 e. The van der Waals surface area contributed by atoms with Gasteiger partial charge in [-0.15, -0.1) is 0 Å². The van der Waals surface area contributed by atoms with Gasteiger partial charge in [0.05, 0.1) is 11.7 Å².